The van der Waals surface area contributed by atoms with E-state index in [1.165, 1.54) is 11.1 Å². The van der Waals surface area contributed by atoms with Crippen molar-refractivity contribution in [1.29, 1.82) is 0 Å². The first-order valence-electron chi connectivity index (χ1n) is 8.24. The van der Waals surface area contributed by atoms with Crippen molar-refractivity contribution in [3.05, 3.63) is 65.2 Å². The minimum atomic E-state index is 0.0834. The van der Waals surface area contributed by atoms with Crippen molar-refractivity contribution in [2.45, 2.75) is 26.0 Å². The van der Waals surface area contributed by atoms with Crippen molar-refractivity contribution in [3.8, 4) is 5.75 Å². The Balaban J connectivity index is 1.56. The SMILES string of the molecule is Cc1cccc(OCCNC(=O)CCSCc2ccccc2)c1C. The van der Waals surface area contributed by atoms with E-state index >= 15 is 0 Å². The van der Waals surface area contributed by atoms with E-state index < -0.39 is 0 Å². The molecule has 0 radical (unpaired) electrons. The molecule has 24 heavy (non-hydrogen) atoms. The van der Waals surface area contributed by atoms with Crippen molar-refractivity contribution >= 4 is 17.7 Å². The Kier molecular flexibility index (Phi) is 7.69. The van der Waals surface area contributed by atoms with Crippen LogP contribution in [0, 0.1) is 13.8 Å². The maximum atomic E-state index is 11.8. The fourth-order valence-electron chi connectivity index (χ4n) is 2.25. The van der Waals surface area contributed by atoms with Gasteiger partial charge >= 0.3 is 0 Å². The summed E-state index contributed by atoms with van der Waals surface area (Å²) >= 11 is 1.78. The molecule has 3 nitrogen and oxygen atoms in total. The van der Waals surface area contributed by atoms with Crippen LogP contribution in [0.25, 0.3) is 0 Å². The van der Waals surface area contributed by atoms with E-state index in [0.717, 1.165) is 22.8 Å². The number of rotatable bonds is 9. The summed E-state index contributed by atoms with van der Waals surface area (Å²) in [5.41, 5.74) is 3.66. The Labute approximate surface area is 148 Å². The molecule has 0 spiro atoms. The molecule has 0 unspecified atom stereocenters. The van der Waals surface area contributed by atoms with Crippen LogP contribution in [0.4, 0.5) is 0 Å². The number of ether oxygens (including phenoxy) is 1. The molecule has 0 saturated carbocycles. The average Bonchev–Trinajstić information content (AvgIpc) is 2.60. The third-order valence-corrected chi connectivity index (χ3v) is 4.85. The van der Waals surface area contributed by atoms with Gasteiger partial charge in [-0.3, -0.25) is 4.79 Å². The number of aryl methyl sites for hydroxylation is 1. The van der Waals surface area contributed by atoms with Crippen molar-refractivity contribution in [1.82, 2.24) is 5.32 Å². The summed E-state index contributed by atoms with van der Waals surface area (Å²) in [5, 5.41) is 2.91. The lowest BCUT2D eigenvalue weighted by atomic mass is 10.1. The Morgan fingerprint density at radius 2 is 1.88 bits per heavy atom. The molecule has 0 fully saturated rings. The first kappa shape index (κ1) is 18.4. The van der Waals surface area contributed by atoms with Gasteiger partial charge in [-0.05, 0) is 36.6 Å². The second kappa shape index (κ2) is 10.0. The highest BCUT2D eigenvalue weighted by atomic mass is 32.2. The Hall–Kier alpha value is -1.94. The summed E-state index contributed by atoms with van der Waals surface area (Å²) in [6, 6.07) is 16.3. The average molecular weight is 343 g/mol. The molecule has 0 aromatic heterocycles. The molecule has 0 atom stereocenters. The Morgan fingerprint density at radius 3 is 2.67 bits per heavy atom. The molecule has 2 aromatic rings. The maximum absolute atomic E-state index is 11.8. The van der Waals surface area contributed by atoms with Crippen LogP contribution >= 0.6 is 11.8 Å². The quantitative estimate of drug-likeness (QED) is 0.696. The standard InChI is InChI=1S/C20H25NO2S/c1-16-7-6-10-19(17(16)2)23-13-12-21-20(22)11-14-24-15-18-8-4-3-5-9-18/h3-10H,11-15H2,1-2H3,(H,21,22). The molecule has 0 saturated heterocycles. The van der Waals surface area contributed by atoms with Crippen LogP contribution in [-0.2, 0) is 10.5 Å². The van der Waals surface area contributed by atoms with Gasteiger partial charge < -0.3 is 10.1 Å². The highest BCUT2D eigenvalue weighted by Crippen LogP contribution is 2.20. The van der Waals surface area contributed by atoms with Gasteiger partial charge in [-0.1, -0.05) is 42.5 Å². The molecule has 4 heteroatoms. The summed E-state index contributed by atoms with van der Waals surface area (Å²) in [7, 11) is 0. The number of benzene rings is 2. The van der Waals surface area contributed by atoms with Crippen LogP contribution in [0.5, 0.6) is 5.75 Å². The lowest BCUT2D eigenvalue weighted by Gasteiger charge is -2.11. The molecule has 0 aliphatic heterocycles. The fraction of sp³-hybridized carbons (Fsp3) is 0.350. The van der Waals surface area contributed by atoms with Gasteiger partial charge in [-0.15, -0.1) is 0 Å². The van der Waals surface area contributed by atoms with Gasteiger partial charge in [0.25, 0.3) is 0 Å². The Morgan fingerprint density at radius 1 is 1.08 bits per heavy atom. The molecule has 128 valence electrons. The lowest BCUT2D eigenvalue weighted by molar-refractivity contribution is -0.120. The molecule has 2 aromatic carbocycles. The molecular weight excluding hydrogens is 318 g/mol. The van der Waals surface area contributed by atoms with Crippen LogP contribution in [-0.4, -0.2) is 24.8 Å². The van der Waals surface area contributed by atoms with E-state index in [-0.39, 0.29) is 5.91 Å². The number of carbonyl (C=O) groups is 1. The predicted octanol–water partition coefficient (Wildman–Crippen LogP) is 4.12. The predicted molar refractivity (Wildman–Crippen MR) is 102 cm³/mol. The zero-order valence-corrected chi connectivity index (χ0v) is 15.2. The number of carbonyl (C=O) groups excluding carboxylic acids is 1. The second-order valence-electron chi connectivity index (χ2n) is 5.68. The highest BCUT2D eigenvalue weighted by Gasteiger charge is 2.03. The number of hydrogen-bond donors (Lipinski definition) is 1. The van der Waals surface area contributed by atoms with Gasteiger partial charge in [0.05, 0.1) is 6.54 Å². The third-order valence-electron chi connectivity index (χ3n) is 3.82. The van der Waals surface area contributed by atoms with E-state index in [4.69, 9.17) is 4.74 Å². The highest BCUT2D eigenvalue weighted by molar-refractivity contribution is 7.98. The molecule has 0 aliphatic carbocycles. The molecule has 1 N–H and O–H groups in total. The van der Waals surface area contributed by atoms with Crippen LogP contribution in [0.1, 0.15) is 23.1 Å². The van der Waals surface area contributed by atoms with Crippen molar-refractivity contribution in [2.75, 3.05) is 18.9 Å². The van der Waals surface area contributed by atoms with Crippen LogP contribution in [0.15, 0.2) is 48.5 Å². The van der Waals surface area contributed by atoms with Gasteiger partial charge in [0.2, 0.25) is 5.91 Å². The monoisotopic (exact) mass is 343 g/mol. The smallest absolute Gasteiger partial charge is 0.220 e. The van der Waals surface area contributed by atoms with Crippen molar-refractivity contribution in [2.24, 2.45) is 0 Å². The van der Waals surface area contributed by atoms with Gasteiger partial charge in [-0.25, -0.2) is 0 Å². The van der Waals surface area contributed by atoms with E-state index in [1.807, 2.05) is 37.3 Å². The molecule has 0 bridgehead atoms. The molecule has 2 rings (SSSR count). The molecule has 0 aliphatic rings. The molecule has 1 amide bonds. The topological polar surface area (TPSA) is 38.3 Å². The summed E-state index contributed by atoms with van der Waals surface area (Å²) in [4.78, 5) is 11.8. The van der Waals surface area contributed by atoms with Gasteiger partial charge in [0, 0.05) is 17.9 Å². The number of thioether (sulfide) groups is 1. The summed E-state index contributed by atoms with van der Waals surface area (Å²) < 4.78 is 5.73. The van der Waals surface area contributed by atoms with E-state index in [2.05, 4.69) is 30.4 Å². The summed E-state index contributed by atoms with van der Waals surface area (Å²) in [6.45, 7) is 5.15. The Bertz CT molecular complexity index is 643. The second-order valence-corrected chi connectivity index (χ2v) is 6.79. The fourth-order valence-corrected chi connectivity index (χ4v) is 3.15. The van der Waals surface area contributed by atoms with Crippen molar-refractivity contribution < 1.29 is 9.53 Å². The maximum Gasteiger partial charge on any atom is 0.220 e. The first-order chi connectivity index (χ1) is 11.7. The minimum absolute atomic E-state index is 0.0834. The van der Waals surface area contributed by atoms with Gasteiger partial charge in [-0.2, -0.15) is 11.8 Å². The zero-order chi connectivity index (χ0) is 17.2. The van der Waals surface area contributed by atoms with Gasteiger partial charge in [0.1, 0.15) is 12.4 Å². The number of nitrogens with one attached hydrogen (secondary N) is 1. The van der Waals surface area contributed by atoms with Crippen LogP contribution in [0.2, 0.25) is 0 Å². The largest absolute Gasteiger partial charge is 0.491 e. The van der Waals surface area contributed by atoms with E-state index in [0.29, 0.717) is 19.6 Å². The van der Waals surface area contributed by atoms with Crippen LogP contribution < -0.4 is 10.1 Å². The summed E-state index contributed by atoms with van der Waals surface area (Å²) in [6.07, 6.45) is 0.543. The van der Waals surface area contributed by atoms with E-state index in [9.17, 15) is 4.79 Å². The normalized spacial score (nSPS) is 10.4. The third kappa shape index (κ3) is 6.28. The number of amides is 1. The zero-order valence-electron chi connectivity index (χ0n) is 14.4. The lowest BCUT2D eigenvalue weighted by Crippen LogP contribution is -2.28. The summed E-state index contributed by atoms with van der Waals surface area (Å²) in [5.74, 6) is 2.76. The number of hydrogen-bond acceptors (Lipinski definition) is 3. The van der Waals surface area contributed by atoms with Gasteiger partial charge in [0.15, 0.2) is 0 Å². The first-order valence-corrected chi connectivity index (χ1v) is 9.39. The minimum Gasteiger partial charge on any atom is -0.491 e. The van der Waals surface area contributed by atoms with Crippen LogP contribution in [0.3, 0.4) is 0 Å². The molecule has 0 heterocycles. The molecular formula is C20H25NO2S. The van der Waals surface area contributed by atoms with Crippen molar-refractivity contribution in [3.63, 3.8) is 0 Å². The van der Waals surface area contributed by atoms with E-state index in [1.54, 1.807) is 11.8 Å².